The first kappa shape index (κ1) is 12.2. The van der Waals surface area contributed by atoms with Crippen LogP contribution in [0.2, 0.25) is 0 Å². The maximum Gasteiger partial charge on any atom is 0.331 e. The maximum atomic E-state index is 12.0. The number of carbonyl (C=O) groups excluding carboxylic acids is 1. The van der Waals surface area contributed by atoms with Crippen molar-refractivity contribution in [3.63, 3.8) is 0 Å². The summed E-state index contributed by atoms with van der Waals surface area (Å²) in [6.07, 6.45) is 0.606. The van der Waals surface area contributed by atoms with E-state index >= 15 is 0 Å². The summed E-state index contributed by atoms with van der Waals surface area (Å²) in [6.45, 7) is 5.56. The molecule has 0 fully saturated rings. The first-order valence-electron chi connectivity index (χ1n) is 5.64. The zero-order valence-electron chi connectivity index (χ0n) is 10.2. The van der Waals surface area contributed by atoms with Gasteiger partial charge in [-0.05, 0) is 32.4 Å². The molecule has 0 aromatic heterocycles. The Morgan fingerprint density at radius 1 is 1.41 bits per heavy atom. The number of esters is 1. The molecule has 4 heteroatoms. The fourth-order valence-corrected chi connectivity index (χ4v) is 2.21. The number of halogens is 1. The molecule has 1 unspecified atom stereocenters. The third-order valence-electron chi connectivity index (χ3n) is 2.59. The highest BCUT2D eigenvalue weighted by Crippen LogP contribution is 2.34. The highest BCUT2D eigenvalue weighted by molar-refractivity contribution is 6.28. The zero-order chi connectivity index (χ0) is 12.6. The molecule has 0 N–H and O–H groups in total. The van der Waals surface area contributed by atoms with Crippen LogP contribution in [0.3, 0.4) is 0 Å². The molecule has 1 aromatic rings. The second-order valence-corrected chi connectivity index (χ2v) is 5.56. The summed E-state index contributed by atoms with van der Waals surface area (Å²) in [5.74, 6) is -0.274. The van der Waals surface area contributed by atoms with Gasteiger partial charge in [-0.1, -0.05) is 18.2 Å². The number of hydrogen-bond donors (Lipinski definition) is 0. The molecule has 0 aliphatic carbocycles. The van der Waals surface area contributed by atoms with Gasteiger partial charge in [-0.15, -0.1) is 0 Å². The third-order valence-corrected chi connectivity index (χ3v) is 3.01. The van der Waals surface area contributed by atoms with Crippen LogP contribution in [0.25, 0.3) is 0 Å². The van der Waals surface area contributed by atoms with E-state index in [9.17, 15) is 4.79 Å². The molecule has 0 radical (unpaired) electrons. The Hall–Kier alpha value is -1.22. The molecule has 0 amide bonds. The molecule has 1 aromatic carbocycles. The van der Waals surface area contributed by atoms with Crippen LogP contribution < -0.4 is 4.42 Å². The van der Waals surface area contributed by atoms with Crippen LogP contribution in [-0.2, 0) is 16.0 Å². The second kappa shape index (κ2) is 4.22. The van der Waals surface area contributed by atoms with E-state index in [-0.39, 0.29) is 5.97 Å². The van der Waals surface area contributed by atoms with E-state index in [2.05, 4.69) is 0 Å². The lowest BCUT2D eigenvalue weighted by molar-refractivity contribution is -0.156. The summed E-state index contributed by atoms with van der Waals surface area (Å²) in [6, 6.07) is 7.32. The maximum absolute atomic E-state index is 12.0. The number of rotatable bonds is 1. The van der Waals surface area contributed by atoms with E-state index in [4.69, 9.17) is 16.5 Å². The largest absolute Gasteiger partial charge is 0.458 e. The molecule has 1 aliphatic heterocycles. The number of hydrogen-bond acceptors (Lipinski definition) is 3. The van der Waals surface area contributed by atoms with E-state index in [1.807, 2.05) is 45.0 Å². The molecule has 92 valence electrons. The Morgan fingerprint density at radius 3 is 2.65 bits per heavy atom. The lowest BCUT2D eigenvalue weighted by Crippen LogP contribution is -2.38. The van der Waals surface area contributed by atoms with Crippen molar-refractivity contribution in [2.24, 2.45) is 0 Å². The van der Waals surface area contributed by atoms with Gasteiger partial charge in [0.15, 0.2) is 0 Å². The molecular formula is C13H16ClNO2. The molecule has 0 bridgehead atoms. The zero-order valence-corrected chi connectivity index (χ0v) is 11.0. The van der Waals surface area contributed by atoms with Crippen LogP contribution >= 0.6 is 11.8 Å². The predicted octanol–water partition coefficient (Wildman–Crippen LogP) is 2.91. The lowest BCUT2D eigenvalue weighted by Gasteiger charge is -2.24. The van der Waals surface area contributed by atoms with Gasteiger partial charge in [0.05, 0.1) is 5.69 Å². The quantitative estimate of drug-likeness (QED) is 0.569. The van der Waals surface area contributed by atoms with Gasteiger partial charge >= 0.3 is 5.97 Å². The Balaban J connectivity index is 2.15. The van der Waals surface area contributed by atoms with Crippen LogP contribution in [0.4, 0.5) is 5.69 Å². The minimum Gasteiger partial charge on any atom is -0.458 e. The summed E-state index contributed by atoms with van der Waals surface area (Å²) in [5.41, 5.74) is 1.49. The standard InChI is InChI=1S/C13H16ClNO2/c1-13(2,3)17-12(16)11-8-9-6-4-5-7-10(9)15(11)14/h4-7,11H,8H2,1-3H3. The molecule has 1 atom stereocenters. The molecule has 2 rings (SSSR count). The van der Waals surface area contributed by atoms with Crippen molar-refractivity contribution in [3.05, 3.63) is 29.8 Å². The van der Waals surface area contributed by atoms with Crippen molar-refractivity contribution >= 4 is 23.4 Å². The highest BCUT2D eigenvalue weighted by Gasteiger charge is 2.36. The van der Waals surface area contributed by atoms with E-state index in [0.717, 1.165) is 11.3 Å². The molecule has 0 spiro atoms. The number of fused-ring (bicyclic) bond motifs is 1. The van der Waals surface area contributed by atoms with Crippen molar-refractivity contribution in [1.82, 2.24) is 0 Å². The average molecular weight is 254 g/mol. The third kappa shape index (κ3) is 2.55. The number of anilines is 1. The summed E-state index contributed by atoms with van der Waals surface area (Å²) in [4.78, 5) is 12.0. The first-order valence-corrected chi connectivity index (χ1v) is 5.98. The Labute approximate surface area is 106 Å². The van der Waals surface area contributed by atoms with Crippen LogP contribution in [-0.4, -0.2) is 17.6 Å². The fourth-order valence-electron chi connectivity index (χ4n) is 1.89. The minimum atomic E-state index is -0.483. The van der Waals surface area contributed by atoms with Gasteiger partial charge in [0.2, 0.25) is 0 Å². The Kier molecular flexibility index (Phi) is 3.04. The number of ether oxygens (including phenoxy) is 1. The first-order chi connectivity index (χ1) is 7.88. The molecule has 1 aliphatic rings. The minimum absolute atomic E-state index is 0.274. The van der Waals surface area contributed by atoms with Crippen LogP contribution in [0.5, 0.6) is 0 Å². The van der Waals surface area contributed by atoms with Gasteiger partial charge in [-0.25, -0.2) is 4.79 Å². The van der Waals surface area contributed by atoms with Gasteiger partial charge < -0.3 is 4.74 Å². The average Bonchev–Trinajstić information content (AvgIpc) is 2.55. The fraction of sp³-hybridized carbons (Fsp3) is 0.462. The van der Waals surface area contributed by atoms with E-state index in [1.54, 1.807) is 0 Å². The summed E-state index contributed by atoms with van der Waals surface area (Å²) < 4.78 is 6.83. The molecular weight excluding hydrogens is 238 g/mol. The van der Waals surface area contributed by atoms with Gasteiger partial charge in [0.25, 0.3) is 0 Å². The van der Waals surface area contributed by atoms with Crippen molar-refractivity contribution in [1.29, 1.82) is 0 Å². The van der Waals surface area contributed by atoms with Gasteiger partial charge in [0.1, 0.15) is 11.6 Å². The predicted molar refractivity (Wildman–Crippen MR) is 68.1 cm³/mol. The highest BCUT2D eigenvalue weighted by atomic mass is 35.5. The van der Waals surface area contributed by atoms with E-state index in [1.165, 1.54) is 4.42 Å². The van der Waals surface area contributed by atoms with E-state index in [0.29, 0.717) is 6.42 Å². The molecule has 0 saturated carbocycles. The van der Waals surface area contributed by atoms with Crippen molar-refractivity contribution in [2.75, 3.05) is 4.42 Å². The van der Waals surface area contributed by atoms with Crippen LogP contribution in [0, 0.1) is 0 Å². The molecule has 0 saturated heterocycles. The summed E-state index contributed by atoms with van der Waals surface area (Å²) in [7, 11) is 0. The van der Waals surface area contributed by atoms with Crippen molar-refractivity contribution in [3.8, 4) is 0 Å². The number of para-hydroxylation sites is 1. The van der Waals surface area contributed by atoms with Gasteiger partial charge in [0, 0.05) is 18.2 Å². The Bertz CT molecular complexity index is 439. The smallest absolute Gasteiger partial charge is 0.331 e. The number of carbonyl (C=O) groups is 1. The van der Waals surface area contributed by atoms with Crippen molar-refractivity contribution < 1.29 is 9.53 Å². The topological polar surface area (TPSA) is 29.5 Å². The molecule has 3 nitrogen and oxygen atoms in total. The van der Waals surface area contributed by atoms with Crippen LogP contribution in [0.15, 0.2) is 24.3 Å². The van der Waals surface area contributed by atoms with E-state index < -0.39 is 11.6 Å². The second-order valence-electron chi connectivity index (χ2n) is 5.19. The number of benzene rings is 1. The number of nitrogens with zero attached hydrogens (tertiary/aromatic N) is 1. The van der Waals surface area contributed by atoms with Crippen molar-refractivity contribution in [2.45, 2.75) is 38.8 Å². The molecule has 17 heavy (non-hydrogen) atoms. The summed E-state index contributed by atoms with van der Waals surface area (Å²) >= 11 is 6.16. The monoisotopic (exact) mass is 253 g/mol. The molecule has 1 heterocycles. The SMILES string of the molecule is CC(C)(C)OC(=O)C1Cc2ccccc2N1Cl. The normalized spacial score (nSPS) is 19.1. The van der Waals surface area contributed by atoms with Gasteiger partial charge in [-0.2, -0.15) is 0 Å². The summed E-state index contributed by atoms with van der Waals surface area (Å²) in [5, 5.41) is 0. The van der Waals surface area contributed by atoms with Gasteiger partial charge in [-0.3, -0.25) is 4.42 Å². The van der Waals surface area contributed by atoms with Crippen LogP contribution in [0.1, 0.15) is 26.3 Å². The lowest BCUT2D eigenvalue weighted by atomic mass is 10.1. The Morgan fingerprint density at radius 2 is 2.06 bits per heavy atom.